The molecule has 0 saturated heterocycles. The predicted molar refractivity (Wildman–Crippen MR) is 58.7 cm³/mol. The van der Waals surface area contributed by atoms with Crippen LogP contribution in [0.2, 0.25) is 0 Å². The van der Waals surface area contributed by atoms with Crippen molar-refractivity contribution in [1.29, 1.82) is 5.26 Å². The van der Waals surface area contributed by atoms with Crippen molar-refractivity contribution >= 4 is 11.3 Å². The molecule has 0 aliphatic carbocycles. The summed E-state index contributed by atoms with van der Waals surface area (Å²) < 4.78 is 4.87. The highest BCUT2D eigenvalue weighted by atomic mass is 32.1. The Hall–Kier alpha value is -1.71. The number of nitriles is 1. The number of hydrogen-bond donors (Lipinski definition) is 1. The van der Waals surface area contributed by atoms with E-state index in [2.05, 4.69) is 21.5 Å². The maximum Gasteiger partial charge on any atom is 0.227 e. The first-order valence-electron chi connectivity index (χ1n) is 4.83. The minimum atomic E-state index is 0.636. The van der Waals surface area contributed by atoms with Crippen LogP contribution < -0.4 is 5.32 Å². The highest BCUT2D eigenvalue weighted by Gasteiger charge is 2.00. The van der Waals surface area contributed by atoms with Crippen molar-refractivity contribution in [2.24, 2.45) is 0 Å². The van der Waals surface area contributed by atoms with Crippen LogP contribution in [0.1, 0.15) is 15.6 Å². The Morgan fingerprint density at radius 2 is 2.44 bits per heavy atom. The van der Waals surface area contributed by atoms with E-state index in [-0.39, 0.29) is 0 Å². The van der Waals surface area contributed by atoms with E-state index in [4.69, 9.17) is 9.78 Å². The van der Waals surface area contributed by atoms with Crippen molar-refractivity contribution in [3.63, 3.8) is 0 Å². The molecule has 6 heteroatoms. The van der Waals surface area contributed by atoms with Gasteiger partial charge < -0.3 is 9.84 Å². The van der Waals surface area contributed by atoms with E-state index in [1.807, 2.05) is 12.1 Å². The Morgan fingerprint density at radius 1 is 1.50 bits per heavy atom. The van der Waals surface area contributed by atoms with Crippen molar-refractivity contribution in [2.75, 3.05) is 6.54 Å². The van der Waals surface area contributed by atoms with Gasteiger partial charge in [-0.25, -0.2) is 0 Å². The van der Waals surface area contributed by atoms with Gasteiger partial charge in [0.25, 0.3) is 0 Å². The van der Waals surface area contributed by atoms with E-state index in [1.54, 1.807) is 0 Å². The third-order valence-electron chi connectivity index (χ3n) is 1.99. The van der Waals surface area contributed by atoms with E-state index < -0.39 is 0 Å². The zero-order valence-corrected chi connectivity index (χ0v) is 9.33. The Balaban J connectivity index is 1.70. The zero-order valence-electron chi connectivity index (χ0n) is 8.51. The molecule has 2 rings (SSSR count). The maximum atomic E-state index is 8.66. The molecule has 2 heterocycles. The van der Waals surface area contributed by atoms with Crippen LogP contribution in [0.25, 0.3) is 0 Å². The van der Waals surface area contributed by atoms with E-state index in [0.29, 0.717) is 5.89 Å². The van der Waals surface area contributed by atoms with Gasteiger partial charge in [-0.3, -0.25) is 0 Å². The summed E-state index contributed by atoms with van der Waals surface area (Å²) in [6.07, 6.45) is 2.12. The van der Waals surface area contributed by atoms with Gasteiger partial charge in [-0.2, -0.15) is 10.2 Å². The first kappa shape index (κ1) is 10.8. The molecule has 0 fully saturated rings. The first-order chi connectivity index (χ1) is 7.88. The van der Waals surface area contributed by atoms with Crippen molar-refractivity contribution in [3.05, 3.63) is 34.1 Å². The van der Waals surface area contributed by atoms with Gasteiger partial charge in [0.15, 0.2) is 6.33 Å². The first-order valence-corrected chi connectivity index (χ1v) is 5.65. The largest absolute Gasteiger partial charge is 0.340 e. The van der Waals surface area contributed by atoms with Gasteiger partial charge in [-0.1, -0.05) is 5.16 Å². The fourth-order valence-electron chi connectivity index (χ4n) is 1.25. The van der Waals surface area contributed by atoms with Crippen LogP contribution in [0.5, 0.6) is 0 Å². The lowest BCUT2D eigenvalue weighted by Gasteiger charge is -1.99. The molecule has 0 aliphatic rings. The minimum absolute atomic E-state index is 0.636. The lowest BCUT2D eigenvalue weighted by atomic mass is 10.4. The van der Waals surface area contributed by atoms with E-state index in [0.717, 1.165) is 29.3 Å². The van der Waals surface area contributed by atoms with Crippen LogP contribution in [0.15, 0.2) is 23.0 Å². The number of aromatic nitrogens is 2. The summed E-state index contributed by atoms with van der Waals surface area (Å²) >= 11 is 1.51. The number of nitrogens with zero attached hydrogens (tertiary/aromatic N) is 3. The minimum Gasteiger partial charge on any atom is -0.340 e. The van der Waals surface area contributed by atoms with E-state index in [9.17, 15) is 0 Å². The molecule has 82 valence electrons. The van der Waals surface area contributed by atoms with Crippen LogP contribution in [0.4, 0.5) is 0 Å². The van der Waals surface area contributed by atoms with Gasteiger partial charge in [0, 0.05) is 24.4 Å². The standard InChI is InChI=1S/C10H10N4OS/c11-5-8-1-2-9(16-8)6-12-4-3-10-13-7-14-15-10/h1-2,7,12H,3-4,6H2. The van der Waals surface area contributed by atoms with Crippen molar-refractivity contribution in [1.82, 2.24) is 15.5 Å². The highest BCUT2D eigenvalue weighted by molar-refractivity contribution is 7.12. The summed E-state index contributed by atoms with van der Waals surface area (Å²) in [5, 5.41) is 15.4. The van der Waals surface area contributed by atoms with E-state index in [1.165, 1.54) is 17.7 Å². The lowest BCUT2D eigenvalue weighted by molar-refractivity contribution is 0.375. The van der Waals surface area contributed by atoms with Gasteiger partial charge in [0.2, 0.25) is 5.89 Å². The van der Waals surface area contributed by atoms with Gasteiger partial charge in [-0.15, -0.1) is 11.3 Å². The third-order valence-corrected chi connectivity index (χ3v) is 2.98. The molecule has 2 aromatic heterocycles. The molecule has 0 spiro atoms. The quantitative estimate of drug-likeness (QED) is 0.790. The molecule has 5 nitrogen and oxygen atoms in total. The van der Waals surface area contributed by atoms with Gasteiger partial charge in [0.05, 0.1) is 0 Å². The Kier molecular flexibility index (Phi) is 3.64. The topological polar surface area (TPSA) is 74.7 Å². The normalized spacial score (nSPS) is 10.2. The van der Waals surface area contributed by atoms with Crippen molar-refractivity contribution < 1.29 is 4.52 Å². The molecular weight excluding hydrogens is 224 g/mol. The number of hydrogen-bond acceptors (Lipinski definition) is 6. The maximum absolute atomic E-state index is 8.66. The second-order valence-corrected chi connectivity index (χ2v) is 4.31. The smallest absolute Gasteiger partial charge is 0.227 e. The summed E-state index contributed by atoms with van der Waals surface area (Å²) in [6, 6.07) is 5.91. The molecule has 0 saturated carbocycles. The number of rotatable bonds is 5. The predicted octanol–water partition coefficient (Wildman–Crippen LogP) is 1.34. The summed E-state index contributed by atoms with van der Waals surface area (Å²) in [4.78, 5) is 5.82. The van der Waals surface area contributed by atoms with Gasteiger partial charge in [-0.05, 0) is 12.1 Å². The lowest BCUT2D eigenvalue weighted by Crippen LogP contribution is -2.16. The molecular formula is C10H10N4OS. The van der Waals surface area contributed by atoms with Crippen LogP contribution in [0, 0.1) is 11.3 Å². The third kappa shape index (κ3) is 2.89. The second-order valence-electron chi connectivity index (χ2n) is 3.14. The molecule has 2 aromatic rings. The molecule has 0 aliphatic heterocycles. The van der Waals surface area contributed by atoms with Crippen LogP contribution in [-0.2, 0) is 13.0 Å². The average Bonchev–Trinajstić information content (AvgIpc) is 2.95. The fourth-order valence-corrected chi connectivity index (χ4v) is 2.02. The van der Waals surface area contributed by atoms with Crippen LogP contribution >= 0.6 is 11.3 Å². The van der Waals surface area contributed by atoms with Crippen molar-refractivity contribution in [2.45, 2.75) is 13.0 Å². The molecule has 1 N–H and O–H groups in total. The SMILES string of the molecule is N#Cc1ccc(CNCCc2ncno2)s1. The second kappa shape index (κ2) is 5.39. The Morgan fingerprint density at radius 3 is 3.12 bits per heavy atom. The van der Waals surface area contributed by atoms with Crippen LogP contribution in [0.3, 0.4) is 0 Å². The van der Waals surface area contributed by atoms with E-state index >= 15 is 0 Å². The average molecular weight is 234 g/mol. The van der Waals surface area contributed by atoms with Crippen LogP contribution in [-0.4, -0.2) is 16.7 Å². The molecule has 0 bridgehead atoms. The fraction of sp³-hybridized carbons (Fsp3) is 0.300. The van der Waals surface area contributed by atoms with Gasteiger partial charge >= 0.3 is 0 Å². The van der Waals surface area contributed by atoms with Crippen molar-refractivity contribution in [3.8, 4) is 6.07 Å². The Labute approximate surface area is 96.7 Å². The number of thiophene rings is 1. The summed E-state index contributed by atoms with van der Waals surface area (Å²) in [5.41, 5.74) is 0. The van der Waals surface area contributed by atoms with Gasteiger partial charge in [0.1, 0.15) is 10.9 Å². The zero-order chi connectivity index (χ0) is 11.2. The summed E-state index contributed by atoms with van der Waals surface area (Å²) in [6.45, 7) is 1.54. The summed E-state index contributed by atoms with van der Waals surface area (Å²) in [5.74, 6) is 0.636. The molecule has 0 unspecified atom stereocenters. The molecule has 16 heavy (non-hydrogen) atoms. The monoisotopic (exact) mass is 234 g/mol. The summed E-state index contributed by atoms with van der Waals surface area (Å²) in [7, 11) is 0. The molecule has 0 radical (unpaired) electrons. The molecule has 0 atom stereocenters. The highest BCUT2D eigenvalue weighted by Crippen LogP contribution is 2.14. The molecule has 0 amide bonds. The molecule has 0 aromatic carbocycles. The Bertz CT molecular complexity index is 471. The number of nitrogens with one attached hydrogen (secondary N) is 1.